The maximum atomic E-state index is 13.6. The molecule has 0 aliphatic carbocycles. The van der Waals surface area contributed by atoms with E-state index >= 15 is 0 Å². The lowest BCUT2D eigenvalue weighted by Crippen LogP contribution is -2.33. The number of aromatic nitrogens is 2. The fourth-order valence-corrected chi connectivity index (χ4v) is 3.92. The molecular weight excluding hydrogens is 470 g/mol. The Kier molecular flexibility index (Phi) is 7.68. The summed E-state index contributed by atoms with van der Waals surface area (Å²) in [4.78, 5) is 51.1. The summed E-state index contributed by atoms with van der Waals surface area (Å²) >= 11 is 0. The van der Waals surface area contributed by atoms with Crippen molar-refractivity contribution in [3.05, 3.63) is 106 Å². The summed E-state index contributed by atoms with van der Waals surface area (Å²) in [5.41, 5.74) is 1.99. The van der Waals surface area contributed by atoms with Crippen LogP contribution in [0.2, 0.25) is 0 Å². The Labute approximate surface area is 213 Å². The number of Topliss-reactive ketones (excluding diaryl/α,β-unsaturated/α-hetero) is 1. The van der Waals surface area contributed by atoms with Crippen LogP contribution in [0, 0.1) is 0 Å². The number of ether oxygens (including phenoxy) is 1. The number of hydrogen-bond donors (Lipinski definition) is 1. The number of nitrogens with zero attached hydrogens (tertiary/aromatic N) is 2. The second-order valence-electron chi connectivity index (χ2n) is 8.20. The number of anilines is 1. The normalized spacial score (nSPS) is 10.5. The summed E-state index contributed by atoms with van der Waals surface area (Å²) in [5.74, 6) is -1.40. The van der Waals surface area contributed by atoms with E-state index in [0.29, 0.717) is 33.6 Å². The lowest BCUT2D eigenvalue weighted by molar-refractivity contribution is -0.114. The fourth-order valence-electron chi connectivity index (χ4n) is 3.92. The highest BCUT2D eigenvalue weighted by Crippen LogP contribution is 2.32. The van der Waals surface area contributed by atoms with E-state index in [-0.39, 0.29) is 30.4 Å². The molecule has 8 nitrogen and oxygen atoms in total. The van der Waals surface area contributed by atoms with Gasteiger partial charge < -0.3 is 10.1 Å². The molecule has 1 heterocycles. The van der Waals surface area contributed by atoms with Crippen LogP contribution in [0.1, 0.15) is 34.6 Å². The van der Waals surface area contributed by atoms with Crippen LogP contribution in [0.25, 0.3) is 22.4 Å². The fraction of sp³-hybridized carbons (Fsp3) is 0.138. The molecule has 0 saturated carbocycles. The van der Waals surface area contributed by atoms with E-state index < -0.39 is 11.5 Å². The van der Waals surface area contributed by atoms with Gasteiger partial charge in [-0.3, -0.25) is 14.4 Å². The molecule has 0 fully saturated rings. The number of benzene rings is 3. The van der Waals surface area contributed by atoms with Crippen molar-refractivity contribution >= 4 is 23.3 Å². The van der Waals surface area contributed by atoms with E-state index in [1.165, 1.54) is 6.92 Å². The second kappa shape index (κ2) is 11.3. The molecule has 0 radical (unpaired) electrons. The van der Waals surface area contributed by atoms with Crippen molar-refractivity contribution in [2.75, 3.05) is 11.9 Å². The van der Waals surface area contributed by atoms with Crippen LogP contribution in [0.15, 0.2) is 89.7 Å². The third-order valence-corrected chi connectivity index (χ3v) is 5.57. The molecule has 0 spiro atoms. The summed E-state index contributed by atoms with van der Waals surface area (Å²) < 4.78 is 6.26. The summed E-state index contributed by atoms with van der Waals surface area (Å²) in [6.07, 6.45) is 0. The zero-order valence-electron chi connectivity index (χ0n) is 20.4. The predicted molar refractivity (Wildman–Crippen MR) is 140 cm³/mol. The van der Waals surface area contributed by atoms with Crippen molar-refractivity contribution in [2.45, 2.75) is 20.4 Å². The van der Waals surface area contributed by atoms with Gasteiger partial charge in [-0.15, -0.1) is 0 Å². The minimum Gasteiger partial charge on any atom is -0.462 e. The van der Waals surface area contributed by atoms with Gasteiger partial charge in [-0.2, -0.15) is 5.10 Å². The molecule has 8 heteroatoms. The summed E-state index contributed by atoms with van der Waals surface area (Å²) in [5, 5.41) is 7.20. The molecule has 4 aromatic rings. The van der Waals surface area contributed by atoms with Crippen LogP contribution >= 0.6 is 0 Å². The quantitative estimate of drug-likeness (QED) is 0.283. The summed E-state index contributed by atoms with van der Waals surface area (Å²) in [6.45, 7) is 2.74. The first-order valence-corrected chi connectivity index (χ1v) is 11.7. The molecule has 0 aliphatic rings. The van der Waals surface area contributed by atoms with Crippen LogP contribution in [0.5, 0.6) is 0 Å². The molecule has 0 saturated heterocycles. The first kappa shape index (κ1) is 25.2. The molecule has 0 unspecified atom stereocenters. The number of esters is 1. The minimum absolute atomic E-state index is 0.0784. The highest BCUT2D eigenvalue weighted by atomic mass is 16.5. The average molecular weight is 496 g/mol. The third kappa shape index (κ3) is 5.70. The van der Waals surface area contributed by atoms with Crippen LogP contribution in [-0.4, -0.2) is 34.0 Å². The molecular formula is C29H25N3O5. The van der Waals surface area contributed by atoms with Crippen molar-refractivity contribution in [1.82, 2.24) is 9.78 Å². The Bertz CT molecular complexity index is 1490. The van der Waals surface area contributed by atoms with Crippen molar-refractivity contribution in [3.63, 3.8) is 0 Å². The summed E-state index contributed by atoms with van der Waals surface area (Å²) in [6, 6.07) is 24.5. The second-order valence-corrected chi connectivity index (χ2v) is 8.20. The van der Waals surface area contributed by atoms with Crippen molar-refractivity contribution in [3.8, 4) is 22.4 Å². The van der Waals surface area contributed by atoms with Gasteiger partial charge in [0.05, 0.1) is 12.3 Å². The van der Waals surface area contributed by atoms with E-state index in [2.05, 4.69) is 10.4 Å². The summed E-state index contributed by atoms with van der Waals surface area (Å²) in [7, 11) is 0. The predicted octanol–water partition coefficient (Wildman–Crippen LogP) is 4.60. The molecule has 1 amide bonds. The van der Waals surface area contributed by atoms with Gasteiger partial charge in [0.25, 0.3) is 5.56 Å². The van der Waals surface area contributed by atoms with Crippen LogP contribution in [0.3, 0.4) is 0 Å². The Morgan fingerprint density at radius 1 is 0.865 bits per heavy atom. The Morgan fingerprint density at radius 2 is 1.46 bits per heavy atom. The molecule has 0 aliphatic heterocycles. The van der Waals surface area contributed by atoms with Gasteiger partial charge in [-0.25, -0.2) is 9.48 Å². The first-order valence-electron chi connectivity index (χ1n) is 11.7. The standard InChI is InChI=1S/C29H25N3O5/c1-3-37-29(36)26-25(21-10-6-4-7-11-21)27(22-12-8-5-9-13-22)31-32(28(26)35)18-24(34)20-14-16-23(17-15-20)30-19(2)33/h4-17H,3,18H2,1-2H3,(H,30,33). The molecule has 4 rings (SSSR count). The molecule has 37 heavy (non-hydrogen) atoms. The van der Waals surface area contributed by atoms with Gasteiger partial charge in [-0.05, 0) is 36.8 Å². The van der Waals surface area contributed by atoms with Crippen molar-refractivity contribution in [2.24, 2.45) is 0 Å². The van der Waals surface area contributed by atoms with E-state index in [1.54, 1.807) is 55.5 Å². The zero-order chi connectivity index (χ0) is 26.4. The van der Waals surface area contributed by atoms with Crippen molar-refractivity contribution in [1.29, 1.82) is 0 Å². The Morgan fingerprint density at radius 3 is 2.03 bits per heavy atom. The van der Waals surface area contributed by atoms with E-state index in [4.69, 9.17) is 4.74 Å². The maximum absolute atomic E-state index is 13.6. The molecule has 0 bridgehead atoms. The van der Waals surface area contributed by atoms with Gasteiger partial charge in [0.2, 0.25) is 5.91 Å². The molecule has 3 aromatic carbocycles. The topological polar surface area (TPSA) is 107 Å². The number of hydrogen-bond acceptors (Lipinski definition) is 6. The Balaban J connectivity index is 1.86. The van der Waals surface area contributed by atoms with Gasteiger partial charge in [0, 0.05) is 29.3 Å². The number of ketones is 1. The molecule has 1 N–H and O–H groups in total. The monoisotopic (exact) mass is 495 g/mol. The number of nitrogens with one attached hydrogen (secondary N) is 1. The third-order valence-electron chi connectivity index (χ3n) is 5.57. The Hall–Kier alpha value is -4.85. The number of carbonyl (C=O) groups is 3. The minimum atomic E-state index is -0.785. The molecule has 0 atom stereocenters. The van der Waals surface area contributed by atoms with Gasteiger partial charge >= 0.3 is 5.97 Å². The van der Waals surface area contributed by atoms with E-state index in [1.807, 2.05) is 36.4 Å². The zero-order valence-corrected chi connectivity index (χ0v) is 20.4. The number of amides is 1. The maximum Gasteiger partial charge on any atom is 0.344 e. The van der Waals surface area contributed by atoms with Gasteiger partial charge in [0.1, 0.15) is 12.1 Å². The highest BCUT2D eigenvalue weighted by molar-refractivity contribution is 6.01. The molecule has 186 valence electrons. The first-order chi connectivity index (χ1) is 17.9. The lowest BCUT2D eigenvalue weighted by atomic mass is 9.95. The van der Waals surface area contributed by atoms with Gasteiger partial charge in [0.15, 0.2) is 5.78 Å². The molecule has 1 aromatic heterocycles. The van der Waals surface area contributed by atoms with E-state index in [0.717, 1.165) is 4.68 Å². The number of carbonyl (C=O) groups excluding carboxylic acids is 3. The van der Waals surface area contributed by atoms with Crippen LogP contribution < -0.4 is 10.9 Å². The van der Waals surface area contributed by atoms with Crippen molar-refractivity contribution < 1.29 is 19.1 Å². The largest absolute Gasteiger partial charge is 0.462 e. The smallest absolute Gasteiger partial charge is 0.344 e. The SMILES string of the molecule is CCOC(=O)c1c(-c2ccccc2)c(-c2ccccc2)nn(CC(=O)c2ccc(NC(C)=O)cc2)c1=O. The lowest BCUT2D eigenvalue weighted by Gasteiger charge is -2.16. The van der Waals surface area contributed by atoms with Crippen LogP contribution in [-0.2, 0) is 16.1 Å². The number of rotatable bonds is 8. The highest BCUT2D eigenvalue weighted by Gasteiger charge is 2.27. The van der Waals surface area contributed by atoms with Crippen LogP contribution in [0.4, 0.5) is 5.69 Å². The average Bonchev–Trinajstić information content (AvgIpc) is 2.90. The van der Waals surface area contributed by atoms with E-state index in [9.17, 15) is 19.2 Å². The van der Waals surface area contributed by atoms with Gasteiger partial charge in [-0.1, -0.05) is 60.7 Å².